The summed E-state index contributed by atoms with van der Waals surface area (Å²) >= 11 is 0. The zero-order valence-corrected chi connectivity index (χ0v) is 11.9. The Hall–Kier alpha value is -1.32. The van der Waals surface area contributed by atoms with E-state index in [4.69, 9.17) is 0 Å². The van der Waals surface area contributed by atoms with Crippen LogP contribution >= 0.6 is 0 Å². The van der Waals surface area contributed by atoms with Crippen LogP contribution in [0.2, 0.25) is 0 Å². The van der Waals surface area contributed by atoms with E-state index in [0.29, 0.717) is 26.1 Å². The van der Waals surface area contributed by atoms with Crippen LogP contribution in [0.3, 0.4) is 0 Å². The molecule has 1 N–H and O–H groups in total. The van der Waals surface area contributed by atoms with Crippen LogP contribution in [-0.2, 0) is 10.0 Å². The van der Waals surface area contributed by atoms with Gasteiger partial charge in [0.2, 0.25) is 10.0 Å². The third kappa shape index (κ3) is 4.32. The molecule has 1 saturated heterocycles. The topological polar surface area (TPSA) is 58.6 Å². The fourth-order valence-corrected chi connectivity index (χ4v) is 3.56. The molecule has 118 valence electrons. The molecule has 1 aromatic carbocycles. The fraction of sp³-hybridized carbons (Fsp3) is 0.500. The average Bonchev–Trinajstić information content (AvgIpc) is 2.66. The van der Waals surface area contributed by atoms with Crippen LogP contribution in [0.4, 0.5) is 13.2 Å². The zero-order chi connectivity index (χ0) is 15.5. The molecule has 0 bridgehead atoms. The first-order chi connectivity index (χ1) is 9.79. The Morgan fingerprint density at radius 2 is 1.95 bits per heavy atom. The number of sulfonamides is 1. The van der Waals surface area contributed by atoms with Gasteiger partial charge in [0.25, 0.3) is 0 Å². The Kier molecular flexibility index (Phi) is 4.74. The van der Waals surface area contributed by atoms with Crippen molar-refractivity contribution in [2.75, 3.05) is 26.2 Å². The van der Waals surface area contributed by atoms with E-state index >= 15 is 0 Å². The van der Waals surface area contributed by atoms with Gasteiger partial charge in [-0.15, -0.1) is 13.2 Å². The van der Waals surface area contributed by atoms with Crippen LogP contribution in [0, 0.1) is 0 Å². The lowest BCUT2D eigenvalue weighted by molar-refractivity contribution is -0.274. The molecule has 0 aromatic heterocycles. The number of alkyl halides is 3. The third-order valence-corrected chi connectivity index (χ3v) is 4.87. The highest BCUT2D eigenvalue weighted by Crippen LogP contribution is 2.26. The number of ether oxygens (including phenoxy) is 1. The van der Waals surface area contributed by atoms with E-state index < -0.39 is 22.1 Å². The minimum Gasteiger partial charge on any atom is -0.406 e. The minimum atomic E-state index is -4.85. The Morgan fingerprint density at radius 3 is 2.67 bits per heavy atom. The molecular formula is C12H15F3N2O3S. The van der Waals surface area contributed by atoms with Crippen LogP contribution in [0.1, 0.15) is 6.42 Å². The van der Waals surface area contributed by atoms with Gasteiger partial charge in [-0.3, -0.25) is 0 Å². The minimum absolute atomic E-state index is 0.203. The molecule has 5 nitrogen and oxygen atoms in total. The van der Waals surface area contributed by atoms with Gasteiger partial charge in [-0.25, -0.2) is 8.42 Å². The summed E-state index contributed by atoms with van der Waals surface area (Å²) in [6.07, 6.45) is -4.20. The van der Waals surface area contributed by atoms with Crippen LogP contribution in [-0.4, -0.2) is 45.3 Å². The standard InChI is InChI=1S/C12H15F3N2O3S/c13-12(14,15)20-10-3-1-4-11(9-10)21(18,19)17-7-2-5-16-6-8-17/h1,3-4,9,16H,2,5-8H2. The monoisotopic (exact) mass is 324 g/mol. The molecule has 0 unspecified atom stereocenters. The summed E-state index contributed by atoms with van der Waals surface area (Å²) in [6, 6.07) is 4.44. The predicted molar refractivity (Wildman–Crippen MR) is 69.4 cm³/mol. The van der Waals surface area contributed by atoms with Crippen LogP contribution in [0.5, 0.6) is 5.75 Å². The lowest BCUT2D eigenvalue weighted by Gasteiger charge is -2.20. The van der Waals surface area contributed by atoms with Crippen molar-refractivity contribution in [1.29, 1.82) is 0 Å². The zero-order valence-electron chi connectivity index (χ0n) is 11.1. The maximum Gasteiger partial charge on any atom is 0.573 e. The normalized spacial score (nSPS) is 18.2. The second kappa shape index (κ2) is 6.20. The maximum atomic E-state index is 12.4. The molecule has 21 heavy (non-hydrogen) atoms. The van der Waals surface area contributed by atoms with Gasteiger partial charge in [-0.1, -0.05) is 6.07 Å². The Bertz CT molecular complexity index is 582. The molecule has 1 aromatic rings. The van der Waals surface area contributed by atoms with Crippen molar-refractivity contribution >= 4 is 10.0 Å². The quantitative estimate of drug-likeness (QED) is 0.917. The van der Waals surface area contributed by atoms with E-state index in [0.717, 1.165) is 12.1 Å². The van der Waals surface area contributed by atoms with E-state index in [1.165, 1.54) is 16.4 Å². The van der Waals surface area contributed by atoms with Gasteiger partial charge in [0, 0.05) is 25.7 Å². The fourth-order valence-electron chi connectivity index (χ4n) is 2.04. The number of halogens is 3. The molecule has 0 aliphatic carbocycles. The van der Waals surface area contributed by atoms with E-state index in [1.807, 2.05) is 0 Å². The number of rotatable bonds is 3. The summed E-state index contributed by atoms with van der Waals surface area (Å²) < 4.78 is 66.4. The molecule has 0 saturated carbocycles. The number of nitrogens with zero attached hydrogens (tertiary/aromatic N) is 1. The lowest BCUT2D eigenvalue weighted by atomic mass is 10.3. The molecule has 0 atom stereocenters. The summed E-state index contributed by atoms with van der Waals surface area (Å²) in [4.78, 5) is -0.203. The summed E-state index contributed by atoms with van der Waals surface area (Å²) in [6.45, 7) is 1.84. The van der Waals surface area contributed by atoms with E-state index in [9.17, 15) is 21.6 Å². The van der Waals surface area contributed by atoms with Gasteiger partial charge in [-0.2, -0.15) is 4.31 Å². The van der Waals surface area contributed by atoms with Gasteiger partial charge in [-0.05, 0) is 25.1 Å². The molecular weight excluding hydrogens is 309 g/mol. The first-order valence-corrected chi connectivity index (χ1v) is 7.80. The number of hydrogen-bond donors (Lipinski definition) is 1. The molecule has 9 heteroatoms. The molecule has 1 aliphatic rings. The van der Waals surface area contributed by atoms with Crippen molar-refractivity contribution in [3.05, 3.63) is 24.3 Å². The van der Waals surface area contributed by atoms with E-state index in [-0.39, 0.29) is 11.4 Å². The van der Waals surface area contributed by atoms with E-state index in [2.05, 4.69) is 10.1 Å². The van der Waals surface area contributed by atoms with Crippen molar-refractivity contribution in [1.82, 2.24) is 9.62 Å². The van der Waals surface area contributed by atoms with Gasteiger partial charge >= 0.3 is 6.36 Å². The smallest absolute Gasteiger partial charge is 0.406 e. The molecule has 0 radical (unpaired) electrons. The molecule has 1 heterocycles. The summed E-state index contributed by atoms with van der Waals surface area (Å²) in [5.74, 6) is -0.545. The second-order valence-electron chi connectivity index (χ2n) is 4.53. The SMILES string of the molecule is O=S(=O)(c1cccc(OC(F)(F)F)c1)N1CCCNCC1. The van der Waals surface area contributed by atoms with Crippen LogP contribution in [0.25, 0.3) is 0 Å². The van der Waals surface area contributed by atoms with Crippen LogP contribution in [0.15, 0.2) is 29.2 Å². The number of hydrogen-bond acceptors (Lipinski definition) is 4. The molecule has 1 aliphatic heterocycles. The summed E-state index contributed by atoms with van der Waals surface area (Å²) in [7, 11) is -3.82. The summed E-state index contributed by atoms with van der Waals surface area (Å²) in [5, 5.41) is 3.06. The highest BCUT2D eigenvalue weighted by Gasteiger charge is 2.32. The van der Waals surface area contributed by atoms with Gasteiger partial charge < -0.3 is 10.1 Å². The number of nitrogens with one attached hydrogen (secondary N) is 1. The average molecular weight is 324 g/mol. The van der Waals surface area contributed by atoms with E-state index in [1.54, 1.807) is 0 Å². The van der Waals surface area contributed by atoms with Crippen molar-refractivity contribution in [3.63, 3.8) is 0 Å². The van der Waals surface area contributed by atoms with Gasteiger partial charge in [0.05, 0.1) is 4.90 Å². The lowest BCUT2D eigenvalue weighted by Crippen LogP contribution is -2.34. The first-order valence-electron chi connectivity index (χ1n) is 6.36. The highest BCUT2D eigenvalue weighted by molar-refractivity contribution is 7.89. The predicted octanol–water partition coefficient (Wildman–Crippen LogP) is 1.57. The summed E-state index contributed by atoms with van der Waals surface area (Å²) in [5.41, 5.74) is 0. The molecule has 2 rings (SSSR count). The maximum absolute atomic E-state index is 12.4. The Morgan fingerprint density at radius 1 is 1.19 bits per heavy atom. The Balaban J connectivity index is 2.25. The first kappa shape index (κ1) is 16.1. The highest BCUT2D eigenvalue weighted by atomic mass is 32.2. The van der Waals surface area contributed by atoms with Gasteiger partial charge in [0.1, 0.15) is 5.75 Å². The third-order valence-electron chi connectivity index (χ3n) is 2.98. The molecule has 0 spiro atoms. The molecule has 1 fully saturated rings. The van der Waals surface area contributed by atoms with Gasteiger partial charge in [0.15, 0.2) is 0 Å². The van der Waals surface area contributed by atoms with Crippen molar-refractivity contribution < 1.29 is 26.3 Å². The largest absolute Gasteiger partial charge is 0.573 e. The van der Waals surface area contributed by atoms with Crippen LogP contribution < -0.4 is 10.1 Å². The second-order valence-corrected chi connectivity index (χ2v) is 6.47. The Labute approximate surface area is 120 Å². The van der Waals surface area contributed by atoms with Crippen molar-refractivity contribution in [2.45, 2.75) is 17.7 Å². The van der Waals surface area contributed by atoms with Crippen molar-refractivity contribution in [2.24, 2.45) is 0 Å². The van der Waals surface area contributed by atoms with Crippen molar-refractivity contribution in [3.8, 4) is 5.75 Å². The molecule has 0 amide bonds. The number of benzene rings is 1.